The van der Waals surface area contributed by atoms with Crippen molar-refractivity contribution in [2.24, 2.45) is 0 Å². The van der Waals surface area contributed by atoms with Gasteiger partial charge in [0.1, 0.15) is 18.4 Å². The number of carbonyl (C=O) groups excluding carboxylic acids is 2. The molecule has 2 rings (SSSR count). The molecule has 1 atom stereocenters. The minimum absolute atomic E-state index is 0.0337. The van der Waals surface area contributed by atoms with E-state index in [0.717, 1.165) is 29.0 Å². The van der Waals surface area contributed by atoms with E-state index >= 15 is 0 Å². The maximum absolute atomic E-state index is 13.5. The van der Waals surface area contributed by atoms with Crippen LogP contribution in [-0.4, -0.2) is 50.5 Å². The van der Waals surface area contributed by atoms with Crippen LogP contribution in [0, 0.1) is 19.7 Å². The second-order valence-electron chi connectivity index (χ2n) is 8.53. The average Bonchev–Trinajstić information content (AvgIpc) is 2.76. The van der Waals surface area contributed by atoms with Crippen molar-refractivity contribution < 1.29 is 22.4 Å². The van der Waals surface area contributed by atoms with E-state index in [1.165, 1.54) is 29.2 Å². The summed E-state index contributed by atoms with van der Waals surface area (Å²) < 4.78 is 39.7. The second kappa shape index (κ2) is 12.0. The van der Waals surface area contributed by atoms with E-state index in [1.807, 2.05) is 19.9 Å². The molecule has 7 nitrogen and oxygen atoms in total. The van der Waals surface area contributed by atoms with Crippen LogP contribution in [0.15, 0.2) is 42.5 Å². The van der Waals surface area contributed by atoms with Crippen molar-refractivity contribution in [3.05, 3.63) is 65.0 Å². The van der Waals surface area contributed by atoms with Gasteiger partial charge in [-0.1, -0.05) is 43.2 Å². The lowest BCUT2D eigenvalue weighted by molar-refractivity contribution is -0.139. The van der Waals surface area contributed by atoms with Crippen molar-refractivity contribution in [1.29, 1.82) is 0 Å². The quantitative estimate of drug-likeness (QED) is 0.487. The van der Waals surface area contributed by atoms with Crippen molar-refractivity contribution in [3.63, 3.8) is 0 Å². The van der Waals surface area contributed by atoms with E-state index in [4.69, 9.17) is 0 Å². The standard InChI is InChI=1S/C25H34FN3O4S/c1-6-7-14-27-25(31)20(4)28(16-21-9-11-22(26)12-10-21)24(30)17-29(34(5,32)33)23-13-8-18(2)15-19(23)3/h8-13,15,20H,6-7,14,16-17H2,1-5H3,(H,27,31)/t20-/m0/s1. The molecule has 0 radical (unpaired) electrons. The monoisotopic (exact) mass is 491 g/mol. The fraction of sp³-hybridized carbons (Fsp3) is 0.440. The number of nitrogens with one attached hydrogen (secondary N) is 1. The Morgan fingerprint density at radius 1 is 1.09 bits per heavy atom. The van der Waals surface area contributed by atoms with Crippen LogP contribution >= 0.6 is 0 Å². The summed E-state index contributed by atoms with van der Waals surface area (Å²) in [4.78, 5) is 27.5. The first-order chi connectivity index (χ1) is 15.9. The summed E-state index contributed by atoms with van der Waals surface area (Å²) in [6, 6.07) is 10.1. The van der Waals surface area contributed by atoms with Crippen LogP contribution < -0.4 is 9.62 Å². The summed E-state index contributed by atoms with van der Waals surface area (Å²) in [6.45, 7) is 7.34. The van der Waals surface area contributed by atoms with Gasteiger partial charge in [0, 0.05) is 13.1 Å². The SMILES string of the molecule is CCCCNC(=O)[C@H](C)N(Cc1ccc(F)cc1)C(=O)CN(c1ccc(C)cc1C)S(C)(=O)=O. The van der Waals surface area contributed by atoms with Gasteiger partial charge >= 0.3 is 0 Å². The van der Waals surface area contributed by atoms with Crippen LogP contribution in [0.2, 0.25) is 0 Å². The molecule has 9 heteroatoms. The molecule has 0 aromatic heterocycles. The highest BCUT2D eigenvalue weighted by atomic mass is 32.2. The lowest BCUT2D eigenvalue weighted by atomic mass is 10.1. The molecule has 0 aliphatic carbocycles. The van der Waals surface area contributed by atoms with Gasteiger partial charge in [-0.15, -0.1) is 0 Å². The highest BCUT2D eigenvalue weighted by Gasteiger charge is 2.30. The molecule has 186 valence electrons. The molecule has 0 unspecified atom stereocenters. The Hall–Kier alpha value is -2.94. The fourth-order valence-corrected chi connectivity index (χ4v) is 4.49. The zero-order valence-corrected chi connectivity index (χ0v) is 21.3. The minimum Gasteiger partial charge on any atom is -0.354 e. The molecule has 34 heavy (non-hydrogen) atoms. The maximum atomic E-state index is 13.5. The number of amides is 2. The minimum atomic E-state index is -3.79. The molecule has 0 aliphatic rings. The molecule has 0 spiro atoms. The number of hydrogen-bond acceptors (Lipinski definition) is 4. The maximum Gasteiger partial charge on any atom is 0.244 e. The summed E-state index contributed by atoms with van der Waals surface area (Å²) in [7, 11) is -3.79. The van der Waals surface area contributed by atoms with E-state index in [9.17, 15) is 22.4 Å². The first-order valence-electron chi connectivity index (χ1n) is 11.3. The molecule has 2 aromatic rings. The number of benzene rings is 2. The van der Waals surface area contributed by atoms with E-state index in [0.29, 0.717) is 23.4 Å². The molecule has 2 amide bonds. The molecule has 0 saturated carbocycles. The van der Waals surface area contributed by atoms with Crippen LogP contribution in [0.25, 0.3) is 0 Å². The molecular weight excluding hydrogens is 457 g/mol. The van der Waals surface area contributed by atoms with Crippen LogP contribution in [0.4, 0.5) is 10.1 Å². The smallest absolute Gasteiger partial charge is 0.244 e. The van der Waals surface area contributed by atoms with Gasteiger partial charge < -0.3 is 10.2 Å². The van der Waals surface area contributed by atoms with E-state index in [2.05, 4.69) is 5.32 Å². The molecular formula is C25H34FN3O4S. The molecule has 2 aromatic carbocycles. The Morgan fingerprint density at radius 2 is 1.74 bits per heavy atom. The van der Waals surface area contributed by atoms with E-state index in [1.54, 1.807) is 26.0 Å². The van der Waals surface area contributed by atoms with Crippen molar-refractivity contribution in [3.8, 4) is 0 Å². The van der Waals surface area contributed by atoms with Crippen LogP contribution in [0.1, 0.15) is 43.4 Å². The largest absolute Gasteiger partial charge is 0.354 e. The number of rotatable bonds is 11. The van der Waals surface area contributed by atoms with Gasteiger partial charge in [0.25, 0.3) is 0 Å². The topological polar surface area (TPSA) is 86.8 Å². The summed E-state index contributed by atoms with van der Waals surface area (Å²) in [5.74, 6) is -1.28. The Labute approximate surface area is 202 Å². The first-order valence-corrected chi connectivity index (χ1v) is 13.2. The summed E-state index contributed by atoms with van der Waals surface area (Å²) >= 11 is 0. The van der Waals surface area contributed by atoms with Crippen LogP contribution in [0.5, 0.6) is 0 Å². The lowest BCUT2D eigenvalue weighted by Crippen LogP contribution is -2.51. The first kappa shape index (κ1) is 27.3. The van der Waals surface area contributed by atoms with Gasteiger partial charge in [-0.3, -0.25) is 13.9 Å². The van der Waals surface area contributed by atoms with Crippen LogP contribution in [-0.2, 0) is 26.2 Å². The van der Waals surface area contributed by atoms with Gasteiger partial charge in [-0.05, 0) is 56.5 Å². The normalized spacial score (nSPS) is 12.2. The van der Waals surface area contributed by atoms with Gasteiger partial charge in [0.05, 0.1) is 11.9 Å². The van der Waals surface area contributed by atoms with Gasteiger partial charge in [-0.25, -0.2) is 12.8 Å². The fourth-order valence-electron chi connectivity index (χ4n) is 3.59. The van der Waals surface area contributed by atoms with Gasteiger partial charge in [0.15, 0.2) is 0 Å². The highest BCUT2D eigenvalue weighted by Crippen LogP contribution is 2.24. The van der Waals surface area contributed by atoms with E-state index in [-0.39, 0.29) is 12.5 Å². The molecule has 1 N–H and O–H groups in total. The number of anilines is 1. The summed E-state index contributed by atoms with van der Waals surface area (Å²) in [5.41, 5.74) is 2.72. The van der Waals surface area contributed by atoms with E-state index < -0.39 is 34.3 Å². The number of hydrogen-bond donors (Lipinski definition) is 1. The number of halogens is 1. The Bertz CT molecular complexity index is 1100. The predicted octanol–water partition coefficient (Wildman–Crippen LogP) is 3.54. The summed E-state index contributed by atoms with van der Waals surface area (Å²) in [5, 5.41) is 2.82. The zero-order valence-electron chi connectivity index (χ0n) is 20.5. The number of carbonyl (C=O) groups is 2. The second-order valence-corrected chi connectivity index (χ2v) is 10.4. The Kier molecular flexibility index (Phi) is 9.61. The Balaban J connectivity index is 2.37. The lowest BCUT2D eigenvalue weighted by Gasteiger charge is -2.32. The van der Waals surface area contributed by atoms with Crippen molar-refractivity contribution in [2.75, 3.05) is 23.7 Å². The van der Waals surface area contributed by atoms with Crippen LogP contribution in [0.3, 0.4) is 0 Å². The summed E-state index contributed by atoms with van der Waals surface area (Å²) in [6.07, 6.45) is 2.76. The number of nitrogens with zero attached hydrogens (tertiary/aromatic N) is 2. The number of sulfonamides is 1. The van der Waals surface area contributed by atoms with Gasteiger partial charge in [0.2, 0.25) is 21.8 Å². The third-order valence-corrected chi connectivity index (χ3v) is 6.69. The number of unbranched alkanes of at least 4 members (excludes halogenated alkanes) is 1. The van der Waals surface area contributed by atoms with Crippen molar-refractivity contribution >= 4 is 27.5 Å². The predicted molar refractivity (Wildman–Crippen MR) is 132 cm³/mol. The Morgan fingerprint density at radius 3 is 2.29 bits per heavy atom. The van der Waals surface area contributed by atoms with Gasteiger partial charge in [-0.2, -0.15) is 0 Å². The zero-order chi connectivity index (χ0) is 25.5. The molecule has 0 heterocycles. The van der Waals surface area contributed by atoms with Crippen molar-refractivity contribution in [2.45, 2.75) is 53.1 Å². The third kappa shape index (κ3) is 7.55. The molecule has 0 fully saturated rings. The highest BCUT2D eigenvalue weighted by molar-refractivity contribution is 7.92. The molecule has 0 aliphatic heterocycles. The number of aryl methyl sites for hydroxylation is 2. The molecule has 0 saturated heterocycles. The van der Waals surface area contributed by atoms with Crippen molar-refractivity contribution in [1.82, 2.24) is 10.2 Å². The average molecular weight is 492 g/mol. The molecule has 0 bridgehead atoms. The third-order valence-electron chi connectivity index (χ3n) is 5.56.